The Kier molecular flexibility index (Phi) is 5.99. The van der Waals surface area contributed by atoms with Gasteiger partial charge in [-0.3, -0.25) is 0 Å². The first kappa shape index (κ1) is 15.1. The Bertz CT molecular complexity index is 432. The van der Waals surface area contributed by atoms with Gasteiger partial charge >= 0.3 is 5.97 Å². The zero-order chi connectivity index (χ0) is 14.3. The van der Waals surface area contributed by atoms with Gasteiger partial charge in [0.05, 0.1) is 32.1 Å². The van der Waals surface area contributed by atoms with Gasteiger partial charge in [-0.05, 0) is 12.5 Å². The van der Waals surface area contributed by atoms with Gasteiger partial charge < -0.3 is 19.9 Å². The summed E-state index contributed by atoms with van der Waals surface area (Å²) in [4.78, 5) is 12.0. The molecule has 0 fully saturated rings. The number of unbranched alkanes of at least 4 members (excludes halogenated alkanes) is 2. The van der Waals surface area contributed by atoms with Crippen LogP contribution in [0.5, 0.6) is 11.5 Å². The number of nitrogens with two attached hydrogens (primary N) is 1. The van der Waals surface area contributed by atoms with Crippen LogP contribution in [0.4, 0.5) is 5.69 Å². The van der Waals surface area contributed by atoms with Gasteiger partial charge in [-0.1, -0.05) is 19.8 Å². The summed E-state index contributed by atoms with van der Waals surface area (Å²) < 4.78 is 15.4. The lowest BCUT2D eigenvalue weighted by atomic mass is 10.1. The Morgan fingerprint density at radius 1 is 1.21 bits per heavy atom. The molecule has 106 valence electrons. The summed E-state index contributed by atoms with van der Waals surface area (Å²) in [6.07, 6.45) is 2.96. The first-order valence-corrected chi connectivity index (χ1v) is 6.32. The fourth-order valence-corrected chi connectivity index (χ4v) is 1.65. The van der Waals surface area contributed by atoms with Gasteiger partial charge in [0.25, 0.3) is 0 Å². The van der Waals surface area contributed by atoms with Crippen molar-refractivity contribution in [3.63, 3.8) is 0 Å². The second-order valence-corrected chi connectivity index (χ2v) is 4.13. The number of esters is 1. The topological polar surface area (TPSA) is 70.8 Å². The highest BCUT2D eigenvalue weighted by molar-refractivity contribution is 5.97. The third-order valence-corrected chi connectivity index (χ3v) is 2.77. The molecule has 0 heterocycles. The summed E-state index contributed by atoms with van der Waals surface area (Å²) in [5.41, 5.74) is 6.41. The van der Waals surface area contributed by atoms with Crippen molar-refractivity contribution in [2.24, 2.45) is 0 Å². The maximum absolute atomic E-state index is 12.0. The van der Waals surface area contributed by atoms with Crippen LogP contribution in [-0.4, -0.2) is 26.8 Å². The third kappa shape index (κ3) is 4.05. The summed E-state index contributed by atoms with van der Waals surface area (Å²) in [7, 11) is 3.00. The van der Waals surface area contributed by atoms with E-state index in [2.05, 4.69) is 6.92 Å². The molecule has 0 bridgehead atoms. The molecule has 0 atom stereocenters. The van der Waals surface area contributed by atoms with E-state index in [0.717, 1.165) is 19.3 Å². The number of hydrogen-bond acceptors (Lipinski definition) is 5. The van der Waals surface area contributed by atoms with Gasteiger partial charge in [0.1, 0.15) is 11.5 Å². The number of anilines is 1. The molecule has 0 saturated heterocycles. The van der Waals surface area contributed by atoms with Gasteiger partial charge in [0.2, 0.25) is 0 Å². The van der Waals surface area contributed by atoms with Crippen molar-refractivity contribution in [3.05, 3.63) is 17.7 Å². The summed E-state index contributed by atoms with van der Waals surface area (Å²) >= 11 is 0. The highest BCUT2D eigenvalue weighted by Crippen LogP contribution is 2.31. The van der Waals surface area contributed by atoms with Crippen molar-refractivity contribution in [3.8, 4) is 11.5 Å². The van der Waals surface area contributed by atoms with Crippen molar-refractivity contribution < 1.29 is 19.0 Å². The largest absolute Gasteiger partial charge is 0.497 e. The lowest BCUT2D eigenvalue weighted by Crippen LogP contribution is -2.10. The molecule has 5 heteroatoms. The Balaban J connectivity index is 2.83. The average Bonchev–Trinajstić information content (AvgIpc) is 2.43. The number of carbonyl (C=O) groups excluding carboxylic acids is 1. The third-order valence-electron chi connectivity index (χ3n) is 2.77. The lowest BCUT2D eigenvalue weighted by Gasteiger charge is -2.12. The number of rotatable bonds is 7. The normalized spacial score (nSPS) is 10.1. The summed E-state index contributed by atoms with van der Waals surface area (Å²) in [5, 5.41) is 0. The van der Waals surface area contributed by atoms with Crippen molar-refractivity contribution in [1.29, 1.82) is 0 Å². The zero-order valence-electron chi connectivity index (χ0n) is 11.7. The second kappa shape index (κ2) is 7.51. The van der Waals surface area contributed by atoms with E-state index in [-0.39, 0.29) is 11.3 Å². The summed E-state index contributed by atoms with van der Waals surface area (Å²) in [6.45, 7) is 2.48. The molecule has 0 unspecified atom stereocenters. The van der Waals surface area contributed by atoms with Crippen LogP contribution in [0, 0.1) is 0 Å². The molecule has 19 heavy (non-hydrogen) atoms. The van der Waals surface area contributed by atoms with Gasteiger partial charge in [0, 0.05) is 6.07 Å². The maximum Gasteiger partial charge on any atom is 0.340 e. The van der Waals surface area contributed by atoms with Gasteiger partial charge in [0.15, 0.2) is 0 Å². The Morgan fingerprint density at radius 3 is 2.53 bits per heavy atom. The lowest BCUT2D eigenvalue weighted by molar-refractivity contribution is 0.0498. The molecule has 0 aliphatic carbocycles. The van der Waals surface area contributed by atoms with Crippen LogP contribution in [0.3, 0.4) is 0 Å². The van der Waals surface area contributed by atoms with Gasteiger partial charge in [-0.25, -0.2) is 4.79 Å². The predicted octanol–water partition coefficient (Wildman–Crippen LogP) is 2.63. The fraction of sp³-hybridized carbons (Fsp3) is 0.500. The van der Waals surface area contributed by atoms with Crippen LogP contribution in [0.25, 0.3) is 0 Å². The van der Waals surface area contributed by atoms with E-state index in [9.17, 15) is 4.79 Å². The molecular weight excluding hydrogens is 246 g/mol. The molecule has 0 spiro atoms. The second-order valence-electron chi connectivity index (χ2n) is 4.13. The average molecular weight is 267 g/mol. The van der Waals surface area contributed by atoms with Crippen LogP contribution in [0.15, 0.2) is 12.1 Å². The first-order chi connectivity index (χ1) is 9.13. The molecule has 1 rings (SSSR count). The smallest absolute Gasteiger partial charge is 0.340 e. The van der Waals surface area contributed by atoms with Crippen molar-refractivity contribution in [2.45, 2.75) is 26.2 Å². The molecule has 0 aliphatic rings. The number of ether oxygens (including phenoxy) is 3. The highest BCUT2D eigenvalue weighted by Gasteiger charge is 2.17. The van der Waals surface area contributed by atoms with E-state index in [0.29, 0.717) is 18.1 Å². The van der Waals surface area contributed by atoms with Crippen LogP contribution >= 0.6 is 0 Å². The number of benzene rings is 1. The van der Waals surface area contributed by atoms with E-state index in [1.54, 1.807) is 12.1 Å². The van der Waals surface area contributed by atoms with E-state index >= 15 is 0 Å². The summed E-state index contributed by atoms with van der Waals surface area (Å²) in [5.74, 6) is 0.456. The van der Waals surface area contributed by atoms with Crippen LogP contribution < -0.4 is 15.2 Å². The molecule has 0 aliphatic heterocycles. The fourth-order valence-electron chi connectivity index (χ4n) is 1.65. The Hall–Kier alpha value is -1.91. The van der Waals surface area contributed by atoms with Gasteiger partial charge in [-0.15, -0.1) is 0 Å². The van der Waals surface area contributed by atoms with E-state index < -0.39 is 5.97 Å². The van der Waals surface area contributed by atoms with E-state index in [1.165, 1.54) is 14.2 Å². The van der Waals surface area contributed by atoms with Crippen LogP contribution in [0.2, 0.25) is 0 Å². The van der Waals surface area contributed by atoms with Gasteiger partial charge in [-0.2, -0.15) is 0 Å². The van der Waals surface area contributed by atoms with Crippen molar-refractivity contribution >= 4 is 11.7 Å². The molecule has 1 aromatic carbocycles. The molecule has 2 N–H and O–H groups in total. The maximum atomic E-state index is 12.0. The standard InChI is InChI=1S/C14H21NO4/c1-4-5-6-7-19-14(16)11-8-10(17-2)9-12(18-3)13(11)15/h8-9H,4-7,15H2,1-3H3. The molecule has 1 aromatic rings. The summed E-state index contributed by atoms with van der Waals surface area (Å²) in [6, 6.07) is 3.18. The number of carbonyl (C=O) groups is 1. The molecule has 0 aromatic heterocycles. The number of nitrogen functional groups attached to an aromatic ring is 1. The van der Waals surface area contributed by atoms with Crippen molar-refractivity contribution in [2.75, 3.05) is 26.6 Å². The molecule has 0 radical (unpaired) electrons. The quantitative estimate of drug-likeness (QED) is 0.467. The molecule has 0 amide bonds. The predicted molar refractivity (Wildman–Crippen MR) is 73.8 cm³/mol. The minimum atomic E-state index is -0.453. The number of hydrogen-bond donors (Lipinski definition) is 1. The minimum absolute atomic E-state index is 0.267. The van der Waals surface area contributed by atoms with Crippen LogP contribution in [-0.2, 0) is 4.74 Å². The Labute approximate surface area is 113 Å². The zero-order valence-corrected chi connectivity index (χ0v) is 11.7. The van der Waals surface area contributed by atoms with Crippen molar-refractivity contribution in [1.82, 2.24) is 0 Å². The number of methoxy groups -OCH3 is 2. The monoisotopic (exact) mass is 267 g/mol. The Morgan fingerprint density at radius 2 is 1.95 bits per heavy atom. The molecule has 5 nitrogen and oxygen atoms in total. The highest BCUT2D eigenvalue weighted by atomic mass is 16.5. The van der Waals surface area contributed by atoms with E-state index in [4.69, 9.17) is 19.9 Å². The SMILES string of the molecule is CCCCCOC(=O)c1cc(OC)cc(OC)c1N. The molecule has 0 saturated carbocycles. The van der Waals surface area contributed by atoms with Crippen LogP contribution in [0.1, 0.15) is 36.5 Å². The minimum Gasteiger partial charge on any atom is -0.497 e. The first-order valence-electron chi connectivity index (χ1n) is 6.32. The van der Waals surface area contributed by atoms with E-state index in [1.807, 2.05) is 0 Å². The molecular formula is C14H21NO4.